The Balaban J connectivity index is 1.47. The van der Waals surface area contributed by atoms with Gasteiger partial charge in [0, 0.05) is 31.4 Å². The zero-order valence-electron chi connectivity index (χ0n) is 17.4. The monoisotopic (exact) mass is 460 g/mol. The normalized spacial score (nSPS) is 17.5. The summed E-state index contributed by atoms with van der Waals surface area (Å²) in [6.07, 6.45) is 1.31. The van der Waals surface area contributed by atoms with Gasteiger partial charge in [-0.2, -0.15) is 9.29 Å². The molecule has 8 nitrogen and oxygen atoms in total. The summed E-state index contributed by atoms with van der Waals surface area (Å²) in [5.41, 5.74) is 1.01. The van der Waals surface area contributed by atoms with Gasteiger partial charge in [0.05, 0.1) is 15.7 Å². The van der Waals surface area contributed by atoms with Crippen LogP contribution in [0.25, 0.3) is 10.7 Å². The lowest BCUT2D eigenvalue weighted by Gasteiger charge is -2.31. The Hall–Kier alpha value is -2.56. The molecule has 0 aliphatic carbocycles. The maximum Gasteiger partial charge on any atom is 0.244 e. The molecule has 0 spiro atoms. The Kier molecular flexibility index (Phi) is 6.22. The highest BCUT2D eigenvalue weighted by Gasteiger charge is 2.35. The Morgan fingerprint density at radius 3 is 2.77 bits per heavy atom. The second-order valence-corrected chi connectivity index (χ2v) is 10.7. The largest absolute Gasteiger partial charge is 0.352 e. The lowest BCUT2D eigenvalue weighted by molar-refractivity contribution is -0.126. The minimum atomic E-state index is -3.73. The lowest BCUT2D eigenvalue weighted by atomic mass is 9.99. The average Bonchev–Trinajstić information content (AvgIpc) is 3.38. The molecule has 164 valence electrons. The molecule has 3 heterocycles. The summed E-state index contributed by atoms with van der Waals surface area (Å²) in [6.45, 7) is 4.46. The Bertz CT molecular complexity index is 1170. The number of carbonyl (C=O) groups excluding carboxylic acids is 1. The maximum atomic E-state index is 13.3. The van der Waals surface area contributed by atoms with Crippen molar-refractivity contribution in [3.63, 3.8) is 0 Å². The molecule has 4 rings (SSSR count). The summed E-state index contributed by atoms with van der Waals surface area (Å²) in [7, 11) is -3.73. The highest BCUT2D eigenvalue weighted by Crippen LogP contribution is 2.34. The first kappa shape index (κ1) is 21.7. The van der Waals surface area contributed by atoms with Gasteiger partial charge in [-0.1, -0.05) is 35.5 Å². The van der Waals surface area contributed by atoms with E-state index in [1.165, 1.54) is 15.6 Å². The standard InChI is InChI=1S/C21H24N4O4S2/c1-14-19(11-18(30-14)20-23-15(2)29-24-20)31(27,28)25-10-6-9-17(13-25)21(26)22-12-16-7-4-3-5-8-16/h3-5,7-8,11,17H,6,9-10,12-13H2,1-2H3,(H,22,26)/t17-/m0/s1. The molecule has 0 unspecified atom stereocenters. The number of benzene rings is 1. The second-order valence-electron chi connectivity index (χ2n) is 7.57. The van der Waals surface area contributed by atoms with Gasteiger partial charge in [0.1, 0.15) is 0 Å². The van der Waals surface area contributed by atoms with E-state index in [4.69, 9.17) is 4.52 Å². The number of hydrogen-bond acceptors (Lipinski definition) is 7. The number of hydrogen-bond donors (Lipinski definition) is 1. The van der Waals surface area contributed by atoms with Crippen LogP contribution in [0.5, 0.6) is 0 Å². The molecule has 1 aliphatic rings. The molecular weight excluding hydrogens is 436 g/mol. The zero-order chi connectivity index (χ0) is 22.0. The third-order valence-electron chi connectivity index (χ3n) is 5.30. The smallest absolute Gasteiger partial charge is 0.244 e. The van der Waals surface area contributed by atoms with Crippen LogP contribution in [0.1, 0.15) is 29.2 Å². The van der Waals surface area contributed by atoms with Crippen LogP contribution in [-0.2, 0) is 21.4 Å². The third kappa shape index (κ3) is 4.70. The summed E-state index contributed by atoms with van der Waals surface area (Å²) >= 11 is 1.31. The molecule has 0 saturated carbocycles. The molecule has 1 aromatic carbocycles. The van der Waals surface area contributed by atoms with Crippen molar-refractivity contribution < 1.29 is 17.7 Å². The van der Waals surface area contributed by atoms with Gasteiger partial charge in [0.25, 0.3) is 0 Å². The van der Waals surface area contributed by atoms with Crippen LogP contribution in [0.3, 0.4) is 0 Å². The first-order valence-corrected chi connectivity index (χ1v) is 12.3. The molecular formula is C21H24N4O4S2. The summed E-state index contributed by atoms with van der Waals surface area (Å²) in [4.78, 5) is 18.4. The van der Waals surface area contributed by atoms with Crippen molar-refractivity contribution in [2.45, 2.75) is 38.1 Å². The molecule has 2 aromatic heterocycles. The summed E-state index contributed by atoms with van der Waals surface area (Å²) < 4.78 is 33.1. The van der Waals surface area contributed by atoms with Crippen LogP contribution in [0.4, 0.5) is 0 Å². The van der Waals surface area contributed by atoms with E-state index in [0.717, 1.165) is 5.56 Å². The fraction of sp³-hybridized carbons (Fsp3) is 0.381. The molecule has 0 bridgehead atoms. The predicted molar refractivity (Wildman–Crippen MR) is 117 cm³/mol. The van der Waals surface area contributed by atoms with E-state index in [-0.39, 0.29) is 23.3 Å². The van der Waals surface area contributed by atoms with Gasteiger partial charge in [-0.15, -0.1) is 11.3 Å². The second kappa shape index (κ2) is 8.89. The molecule has 0 radical (unpaired) electrons. The number of rotatable bonds is 6. The molecule has 1 aliphatic heterocycles. The van der Waals surface area contributed by atoms with Crippen molar-refractivity contribution >= 4 is 27.3 Å². The minimum absolute atomic E-state index is 0.117. The molecule has 10 heteroatoms. The van der Waals surface area contributed by atoms with Crippen molar-refractivity contribution in [1.82, 2.24) is 19.8 Å². The van der Waals surface area contributed by atoms with Gasteiger partial charge >= 0.3 is 0 Å². The molecule has 3 aromatic rings. The molecule has 1 amide bonds. The van der Waals surface area contributed by atoms with Crippen molar-refractivity contribution in [3.8, 4) is 10.7 Å². The number of aromatic nitrogens is 2. The lowest BCUT2D eigenvalue weighted by Crippen LogP contribution is -2.45. The van der Waals surface area contributed by atoms with Crippen molar-refractivity contribution in [3.05, 3.63) is 52.7 Å². The molecule has 1 atom stereocenters. The van der Waals surface area contributed by atoms with Crippen LogP contribution in [0, 0.1) is 19.8 Å². The van der Waals surface area contributed by atoms with Gasteiger partial charge in [0.15, 0.2) is 0 Å². The number of thiophene rings is 1. The summed E-state index contributed by atoms with van der Waals surface area (Å²) in [6, 6.07) is 11.2. The predicted octanol–water partition coefficient (Wildman–Crippen LogP) is 3.13. The first-order valence-electron chi connectivity index (χ1n) is 10.1. The van der Waals surface area contributed by atoms with Crippen LogP contribution >= 0.6 is 11.3 Å². The molecule has 31 heavy (non-hydrogen) atoms. The highest BCUT2D eigenvalue weighted by molar-refractivity contribution is 7.89. The van der Waals surface area contributed by atoms with E-state index in [0.29, 0.717) is 47.4 Å². The SMILES string of the molecule is Cc1nc(-c2cc(S(=O)(=O)N3CCC[C@H](C(=O)NCc4ccccc4)C3)c(C)s2)no1. The van der Waals surface area contributed by atoms with Crippen molar-refractivity contribution in [2.75, 3.05) is 13.1 Å². The highest BCUT2D eigenvalue weighted by atomic mass is 32.2. The van der Waals surface area contributed by atoms with E-state index in [1.807, 2.05) is 30.3 Å². The van der Waals surface area contributed by atoms with E-state index < -0.39 is 10.0 Å². The summed E-state index contributed by atoms with van der Waals surface area (Å²) in [5, 5.41) is 6.81. The van der Waals surface area contributed by atoms with Gasteiger partial charge in [0.2, 0.25) is 27.6 Å². The van der Waals surface area contributed by atoms with Gasteiger partial charge < -0.3 is 9.84 Å². The fourth-order valence-corrected chi connectivity index (χ4v) is 6.68. The number of nitrogens with one attached hydrogen (secondary N) is 1. The molecule has 1 N–H and O–H groups in total. The number of sulfonamides is 1. The van der Waals surface area contributed by atoms with Gasteiger partial charge in [-0.3, -0.25) is 4.79 Å². The first-order chi connectivity index (χ1) is 14.8. The van der Waals surface area contributed by atoms with Gasteiger partial charge in [-0.25, -0.2) is 8.42 Å². The van der Waals surface area contributed by atoms with Crippen LogP contribution < -0.4 is 5.32 Å². The minimum Gasteiger partial charge on any atom is -0.352 e. The van der Waals surface area contributed by atoms with E-state index in [2.05, 4.69) is 15.5 Å². The van der Waals surface area contributed by atoms with E-state index in [9.17, 15) is 13.2 Å². The number of amides is 1. The van der Waals surface area contributed by atoms with E-state index >= 15 is 0 Å². The fourth-order valence-electron chi connectivity index (χ4n) is 3.67. The van der Waals surface area contributed by atoms with Crippen molar-refractivity contribution in [1.29, 1.82) is 0 Å². The van der Waals surface area contributed by atoms with E-state index in [1.54, 1.807) is 19.9 Å². The van der Waals surface area contributed by atoms with Crippen LogP contribution in [0.15, 0.2) is 45.8 Å². The van der Waals surface area contributed by atoms with Crippen molar-refractivity contribution in [2.24, 2.45) is 5.92 Å². The van der Waals surface area contributed by atoms with Crippen LogP contribution in [-0.4, -0.2) is 41.9 Å². The third-order valence-corrected chi connectivity index (χ3v) is 8.47. The quantitative estimate of drug-likeness (QED) is 0.606. The average molecular weight is 461 g/mol. The Morgan fingerprint density at radius 2 is 2.06 bits per heavy atom. The number of aryl methyl sites for hydroxylation is 2. The number of nitrogens with zero attached hydrogens (tertiary/aromatic N) is 3. The number of carbonyl (C=O) groups is 1. The Morgan fingerprint density at radius 1 is 1.29 bits per heavy atom. The maximum absolute atomic E-state index is 13.3. The molecule has 1 fully saturated rings. The summed E-state index contributed by atoms with van der Waals surface area (Å²) in [5.74, 6) is 0.314. The molecule has 1 saturated heterocycles. The van der Waals surface area contributed by atoms with Gasteiger partial charge in [-0.05, 0) is 31.4 Å². The zero-order valence-corrected chi connectivity index (χ0v) is 19.0. The van der Waals surface area contributed by atoms with Crippen LogP contribution in [0.2, 0.25) is 0 Å². The Labute approximate surface area is 185 Å². The topological polar surface area (TPSA) is 105 Å². The number of piperidine rings is 1.